The summed E-state index contributed by atoms with van der Waals surface area (Å²) in [6.45, 7) is 9.81. The van der Waals surface area contributed by atoms with Gasteiger partial charge in [0.2, 0.25) is 0 Å². The Morgan fingerprint density at radius 3 is 2.00 bits per heavy atom. The molecule has 0 N–H and O–H groups in total. The maximum Gasteiger partial charge on any atom is 0.397 e. The lowest BCUT2D eigenvalue weighted by Gasteiger charge is -2.42. The van der Waals surface area contributed by atoms with Gasteiger partial charge in [0.05, 0.1) is 5.41 Å². The SMILES string of the molecule is CCC(CC(C)(C)C)(C(=O)OOC(=O)C1(c2ccccc2)OOC1C)c1ccccc1. The van der Waals surface area contributed by atoms with E-state index >= 15 is 0 Å². The van der Waals surface area contributed by atoms with Crippen molar-refractivity contribution in [3.63, 3.8) is 0 Å². The fourth-order valence-corrected chi connectivity index (χ4v) is 4.17. The van der Waals surface area contributed by atoms with Gasteiger partial charge in [-0.15, -0.1) is 0 Å². The minimum atomic E-state index is -1.48. The molecule has 0 amide bonds. The topological polar surface area (TPSA) is 71.1 Å². The molecular weight excluding hydrogens is 396 g/mol. The van der Waals surface area contributed by atoms with E-state index in [1.165, 1.54) is 0 Å². The van der Waals surface area contributed by atoms with Crippen LogP contribution in [0.1, 0.15) is 58.6 Å². The van der Waals surface area contributed by atoms with Crippen molar-refractivity contribution < 1.29 is 29.1 Å². The second kappa shape index (κ2) is 8.81. The molecule has 0 bridgehead atoms. The summed E-state index contributed by atoms with van der Waals surface area (Å²) in [4.78, 5) is 46.9. The van der Waals surface area contributed by atoms with Crippen molar-refractivity contribution in [2.75, 3.05) is 0 Å². The van der Waals surface area contributed by atoms with E-state index in [-0.39, 0.29) is 5.41 Å². The van der Waals surface area contributed by atoms with Gasteiger partial charge in [0.1, 0.15) is 6.10 Å². The quantitative estimate of drug-likeness (QED) is 0.477. The fourth-order valence-electron chi connectivity index (χ4n) is 4.17. The van der Waals surface area contributed by atoms with Gasteiger partial charge < -0.3 is 0 Å². The van der Waals surface area contributed by atoms with Gasteiger partial charge in [0, 0.05) is 5.56 Å². The van der Waals surface area contributed by atoms with E-state index in [0.29, 0.717) is 18.4 Å². The van der Waals surface area contributed by atoms with E-state index in [1.807, 2.05) is 43.3 Å². The number of benzene rings is 2. The molecule has 3 rings (SSSR count). The highest BCUT2D eigenvalue weighted by molar-refractivity contribution is 5.86. The molecule has 0 radical (unpaired) electrons. The standard InChI is InChI=1S/C25H30O6/c1-6-24(17-23(3,4)5,19-13-9-7-10-14-19)21(26)29-30-22(27)25(18(2)28-31-25)20-15-11-8-12-16-20/h7-16,18H,6,17H2,1-5H3. The Labute approximate surface area is 183 Å². The van der Waals surface area contributed by atoms with E-state index in [0.717, 1.165) is 5.56 Å². The van der Waals surface area contributed by atoms with Crippen LogP contribution < -0.4 is 0 Å². The normalized spacial score (nSPS) is 22.7. The molecule has 166 valence electrons. The summed E-state index contributed by atoms with van der Waals surface area (Å²) in [5, 5.41) is 0. The molecule has 31 heavy (non-hydrogen) atoms. The Bertz CT molecular complexity index is 905. The fraction of sp³-hybridized carbons (Fsp3) is 0.440. The van der Waals surface area contributed by atoms with Gasteiger partial charge in [-0.2, -0.15) is 0 Å². The maximum absolute atomic E-state index is 13.4. The van der Waals surface area contributed by atoms with Crippen LogP contribution in [-0.4, -0.2) is 18.0 Å². The highest BCUT2D eigenvalue weighted by atomic mass is 17.3. The molecular formula is C25H30O6. The number of hydrogen-bond acceptors (Lipinski definition) is 6. The molecule has 2 aromatic carbocycles. The number of rotatable bonds is 6. The minimum Gasteiger partial charge on any atom is -0.246 e. The second-order valence-corrected chi connectivity index (χ2v) is 9.20. The van der Waals surface area contributed by atoms with Crippen molar-refractivity contribution in [2.45, 2.75) is 64.6 Å². The van der Waals surface area contributed by atoms with E-state index in [4.69, 9.17) is 19.6 Å². The maximum atomic E-state index is 13.4. The van der Waals surface area contributed by atoms with Crippen LogP contribution >= 0.6 is 0 Å². The number of hydrogen-bond donors (Lipinski definition) is 0. The lowest BCUT2D eigenvalue weighted by molar-refractivity contribution is -0.504. The van der Waals surface area contributed by atoms with Crippen molar-refractivity contribution in [3.05, 3.63) is 71.8 Å². The van der Waals surface area contributed by atoms with Crippen molar-refractivity contribution >= 4 is 11.9 Å². The summed E-state index contributed by atoms with van der Waals surface area (Å²) in [6, 6.07) is 18.3. The molecule has 0 spiro atoms. The molecule has 6 heteroatoms. The van der Waals surface area contributed by atoms with Gasteiger partial charge >= 0.3 is 11.9 Å². The molecule has 1 saturated heterocycles. The van der Waals surface area contributed by atoms with Crippen molar-refractivity contribution in [2.24, 2.45) is 5.41 Å². The molecule has 6 nitrogen and oxygen atoms in total. The third-order valence-corrected chi connectivity index (χ3v) is 5.75. The zero-order valence-corrected chi connectivity index (χ0v) is 18.7. The predicted molar refractivity (Wildman–Crippen MR) is 114 cm³/mol. The lowest BCUT2D eigenvalue weighted by atomic mass is 9.68. The first-order valence-corrected chi connectivity index (χ1v) is 10.5. The molecule has 3 atom stereocenters. The van der Waals surface area contributed by atoms with E-state index in [2.05, 4.69) is 20.8 Å². The Balaban J connectivity index is 1.85. The van der Waals surface area contributed by atoms with Crippen molar-refractivity contribution in [1.82, 2.24) is 0 Å². The molecule has 0 aliphatic carbocycles. The van der Waals surface area contributed by atoms with Crippen LogP contribution in [0.3, 0.4) is 0 Å². The van der Waals surface area contributed by atoms with E-state index in [1.54, 1.807) is 31.2 Å². The Kier molecular flexibility index (Phi) is 6.53. The molecule has 1 aliphatic rings. The zero-order valence-electron chi connectivity index (χ0n) is 18.7. The van der Waals surface area contributed by atoms with Gasteiger partial charge in [-0.3, -0.25) is 0 Å². The first kappa shape index (κ1) is 23.0. The molecule has 1 aliphatic heterocycles. The van der Waals surface area contributed by atoms with Crippen LogP contribution in [0.25, 0.3) is 0 Å². The average molecular weight is 427 g/mol. The van der Waals surface area contributed by atoms with Crippen LogP contribution in [0, 0.1) is 5.41 Å². The molecule has 1 heterocycles. The summed E-state index contributed by atoms with van der Waals surface area (Å²) < 4.78 is 0. The van der Waals surface area contributed by atoms with Crippen LogP contribution in [0.4, 0.5) is 0 Å². The highest BCUT2D eigenvalue weighted by Crippen LogP contribution is 2.43. The molecule has 0 saturated carbocycles. The molecule has 0 aromatic heterocycles. The Hall–Kier alpha value is -2.70. The van der Waals surface area contributed by atoms with Gasteiger partial charge in [-0.25, -0.2) is 29.1 Å². The van der Waals surface area contributed by atoms with Crippen LogP contribution in [-0.2, 0) is 40.2 Å². The van der Waals surface area contributed by atoms with Gasteiger partial charge in [-0.1, -0.05) is 88.4 Å². The molecule has 2 aromatic rings. The summed E-state index contributed by atoms with van der Waals surface area (Å²) in [6.07, 6.45) is 0.419. The summed E-state index contributed by atoms with van der Waals surface area (Å²) >= 11 is 0. The van der Waals surface area contributed by atoms with Crippen molar-refractivity contribution in [1.29, 1.82) is 0 Å². The van der Waals surface area contributed by atoms with Crippen LogP contribution in [0.5, 0.6) is 0 Å². The average Bonchev–Trinajstić information content (AvgIpc) is 2.75. The number of carbonyl (C=O) groups excluding carboxylic acids is 2. The van der Waals surface area contributed by atoms with Gasteiger partial charge in [0.15, 0.2) is 0 Å². The Morgan fingerprint density at radius 2 is 1.55 bits per heavy atom. The zero-order chi connectivity index (χ0) is 22.7. The Morgan fingerprint density at radius 1 is 0.968 bits per heavy atom. The number of carbonyl (C=O) groups is 2. The first-order chi connectivity index (χ1) is 14.7. The highest BCUT2D eigenvalue weighted by Gasteiger charge is 2.60. The van der Waals surface area contributed by atoms with Gasteiger partial charge in [-0.05, 0) is 30.7 Å². The van der Waals surface area contributed by atoms with E-state index in [9.17, 15) is 9.59 Å². The smallest absolute Gasteiger partial charge is 0.246 e. The molecule has 3 unspecified atom stereocenters. The third-order valence-electron chi connectivity index (χ3n) is 5.75. The predicted octanol–water partition coefficient (Wildman–Crippen LogP) is 5.02. The largest absolute Gasteiger partial charge is 0.397 e. The van der Waals surface area contributed by atoms with E-state index < -0.39 is 29.1 Å². The van der Waals surface area contributed by atoms with Crippen LogP contribution in [0.15, 0.2) is 60.7 Å². The second-order valence-electron chi connectivity index (χ2n) is 9.20. The first-order valence-electron chi connectivity index (χ1n) is 10.5. The summed E-state index contributed by atoms with van der Waals surface area (Å²) in [5.74, 6) is -1.44. The van der Waals surface area contributed by atoms with Gasteiger partial charge in [0.25, 0.3) is 5.60 Å². The third kappa shape index (κ3) is 4.36. The summed E-state index contributed by atoms with van der Waals surface area (Å²) in [5.41, 5.74) is -1.22. The van der Waals surface area contributed by atoms with Crippen molar-refractivity contribution in [3.8, 4) is 0 Å². The molecule has 1 fully saturated rings. The lowest BCUT2D eigenvalue weighted by Crippen LogP contribution is -2.58. The minimum absolute atomic E-state index is 0.167. The summed E-state index contributed by atoms with van der Waals surface area (Å²) in [7, 11) is 0. The van der Waals surface area contributed by atoms with Crippen LogP contribution in [0.2, 0.25) is 0 Å². The monoisotopic (exact) mass is 426 g/mol.